The van der Waals surface area contributed by atoms with E-state index in [9.17, 15) is 5.11 Å². The van der Waals surface area contributed by atoms with E-state index in [0.717, 1.165) is 23.7 Å². The van der Waals surface area contributed by atoms with Crippen LogP contribution in [0.2, 0.25) is 0 Å². The molecule has 1 unspecified atom stereocenters. The average molecular weight is 217 g/mol. The lowest BCUT2D eigenvalue weighted by Crippen LogP contribution is -2.15. The Morgan fingerprint density at radius 1 is 1.38 bits per heavy atom. The highest BCUT2D eigenvalue weighted by Gasteiger charge is 2.09. The Kier molecular flexibility index (Phi) is 3.50. The zero-order valence-electron chi connectivity index (χ0n) is 9.74. The molecule has 1 aromatic carbocycles. The van der Waals surface area contributed by atoms with Gasteiger partial charge in [-0.3, -0.25) is 0 Å². The van der Waals surface area contributed by atoms with Crippen molar-refractivity contribution in [1.29, 1.82) is 0 Å². The van der Waals surface area contributed by atoms with Gasteiger partial charge >= 0.3 is 0 Å². The van der Waals surface area contributed by atoms with E-state index in [-0.39, 0.29) is 0 Å². The van der Waals surface area contributed by atoms with Crippen LogP contribution in [0.5, 0.6) is 5.75 Å². The Morgan fingerprint density at radius 2 is 2.25 bits per heavy atom. The molecule has 0 heterocycles. The molecule has 0 spiro atoms. The molecule has 0 fully saturated rings. The SMILES string of the molecule is Cc1cc(NCC2CC=CCC2)ccc1O. The molecular formula is C14H19NO. The van der Waals surface area contributed by atoms with Gasteiger partial charge in [0.05, 0.1) is 0 Å². The third kappa shape index (κ3) is 2.78. The van der Waals surface area contributed by atoms with Gasteiger partial charge in [-0.2, -0.15) is 0 Å². The summed E-state index contributed by atoms with van der Waals surface area (Å²) in [6.45, 7) is 2.94. The summed E-state index contributed by atoms with van der Waals surface area (Å²) in [6.07, 6.45) is 8.21. The summed E-state index contributed by atoms with van der Waals surface area (Å²) in [5.74, 6) is 1.12. The second-order valence-corrected chi connectivity index (χ2v) is 4.53. The molecule has 0 aliphatic heterocycles. The smallest absolute Gasteiger partial charge is 0.118 e. The van der Waals surface area contributed by atoms with Crippen LogP contribution in [0, 0.1) is 12.8 Å². The lowest BCUT2D eigenvalue weighted by atomic mass is 9.94. The lowest BCUT2D eigenvalue weighted by Gasteiger charge is -2.19. The van der Waals surface area contributed by atoms with Crippen LogP contribution in [0.15, 0.2) is 30.4 Å². The van der Waals surface area contributed by atoms with Gasteiger partial charge in [-0.15, -0.1) is 0 Å². The third-order valence-corrected chi connectivity index (χ3v) is 3.17. The minimum atomic E-state index is 0.367. The van der Waals surface area contributed by atoms with Gasteiger partial charge in [0, 0.05) is 12.2 Å². The molecule has 0 aromatic heterocycles. The number of allylic oxidation sites excluding steroid dienone is 2. The molecule has 2 rings (SSSR count). The summed E-state index contributed by atoms with van der Waals surface area (Å²) in [5, 5.41) is 12.9. The van der Waals surface area contributed by atoms with Crippen LogP contribution in [-0.4, -0.2) is 11.7 Å². The Bertz CT molecular complexity index is 384. The molecule has 0 amide bonds. The fourth-order valence-electron chi connectivity index (χ4n) is 2.07. The highest BCUT2D eigenvalue weighted by molar-refractivity contribution is 5.50. The molecule has 0 saturated heterocycles. The van der Waals surface area contributed by atoms with Gasteiger partial charge in [-0.05, 0) is 55.9 Å². The summed E-state index contributed by atoms with van der Waals surface area (Å²) in [5.41, 5.74) is 2.03. The van der Waals surface area contributed by atoms with Crippen LogP contribution in [0.25, 0.3) is 0 Å². The van der Waals surface area contributed by atoms with Gasteiger partial charge in [0.1, 0.15) is 5.75 Å². The Balaban J connectivity index is 1.89. The number of hydrogen-bond acceptors (Lipinski definition) is 2. The van der Waals surface area contributed by atoms with Crippen LogP contribution in [0.4, 0.5) is 5.69 Å². The molecule has 1 atom stereocenters. The fraction of sp³-hybridized carbons (Fsp3) is 0.429. The Hall–Kier alpha value is -1.44. The second kappa shape index (κ2) is 5.06. The lowest BCUT2D eigenvalue weighted by molar-refractivity contribution is 0.471. The standard InChI is InChI=1S/C14H19NO/c1-11-9-13(7-8-14(11)16)15-10-12-5-3-2-4-6-12/h2-3,7-9,12,15-16H,4-6,10H2,1H3. The molecule has 16 heavy (non-hydrogen) atoms. The minimum absolute atomic E-state index is 0.367. The molecule has 2 N–H and O–H groups in total. The van der Waals surface area contributed by atoms with Crippen molar-refractivity contribution in [1.82, 2.24) is 0 Å². The first-order valence-electron chi connectivity index (χ1n) is 5.94. The predicted molar refractivity (Wildman–Crippen MR) is 67.8 cm³/mol. The first kappa shape index (κ1) is 11.1. The Morgan fingerprint density at radius 3 is 2.94 bits per heavy atom. The molecule has 1 aromatic rings. The molecule has 1 aliphatic carbocycles. The van der Waals surface area contributed by atoms with Crippen molar-refractivity contribution in [2.24, 2.45) is 5.92 Å². The maximum Gasteiger partial charge on any atom is 0.118 e. The monoisotopic (exact) mass is 217 g/mol. The largest absolute Gasteiger partial charge is 0.508 e. The number of aryl methyl sites for hydroxylation is 1. The number of nitrogens with one attached hydrogen (secondary N) is 1. The van der Waals surface area contributed by atoms with Gasteiger partial charge in [-0.1, -0.05) is 12.2 Å². The van der Waals surface area contributed by atoms with Gasteiger partial charge < -0.3 is 10.4 Å². The summed E-state index contributed by atoms with van der Waals surface area (Å²) >= 11 is 0. The zero-order chi connectivity index (χ0) is 11.4. The molecule has 0 bridgehead atoms. The molecular weight excluding hydrogens is 198 g/mol. The number of anilines is 1. The normalized spacial score (nSPS) is 19.7. The van der Waals surface area contributed by atoms with E-state index < -0.39 is 0 Å². The third-order valence-electron chi connectivity index (χ3n) is 3.17. The van der Waals surface area contributed by atoms with Crippen LogP contribution in [0.3, 0.4) is 0 Å². The van der Waals surface area contributed by atoms with Crippen molar-refractivity contribution >= 4 is 5.69 Å². The van der Waals surface area contributed by atoms with Gasteiger partial charge in [0.25, 0.3) is 0 Å². The number of benzene rings is 1. The molecule has 1 aliphatic rings. The van der Waals surface area contributed by atoms with Crippen LogP contribution in [0.1, 0.15) is 24.8 Å². The van der Waals surface area contributed by atoms with E-state index in [1.54, 1.807) is 6.07 Å². The molecule has 86 valence electrons. The summed E-state index contributed by atoms with van der Waals surface area (Å²) in [7, 11) is 0. The van der Waals surface area contributed by atoms with Crippen molar-refractivity contribution < 1.29 is 5.11 Å². The predicted octanol–water partition coefficient (Wildman–Crippen LogP) is 3.47. The topological polar surface area (TPSA) is 32.3 Å². The zero-order valence-corrected chi connectivity index (χ0v) is 9.74. The number of rotatable bonds is 3. The summed E-state index contributed by atoms with van der Waals surface area (Å²) in [4.78, 5) is 0. The number of phenols is 1. The minimum Gasteiger partial charge on any atom is -0.508 e. The second-order valence-electron chi connectivity index (χ2n) is 4.53. The number of phenolic OH excluding ortho intramolecular Hbond substituents is 1. The van der Waals surface area contributed by atoms with Gasteiger partial charge in [0.2, 0.25) is 0 Å². The van der Waals surface area contributed by atoms with E-state index in [1.807, 2.05) is 19.1 Å². The fourth-order valence-corrected chi connectivity index (χ4v) is 2.07. The molecule has 2 nitrogen and oxygen atoms in total. The summed E-state index contributed by atoms with van der Waals surface area (Å²) in [6, 6.07) is 5.67. The first-order valence-corrected chi connectivity index (χ1v) is 5.94. The van der Waals surface area contributed by atoms with Crippen LogP contribution >= 0.6 is 0 Å². The van der Waals surface area contributed by atoms with E-state index in [2.05, 4.69) is 17.5 Å². The van der Waals surface area contributed by atoms with E-state index in [4.69, 9.17) is 0 Å². The maximum absolute atomic E-state index is 9.42. The van der Waals surface area contributed by atoms with Crippen molar-refractivity contribution in [2.45, 2.75) is 26.2 Å². The van der Waals surface area contributed by atoms with E-state index in [1.165, 1.54) is 19.3 Å². The highest BCUT2D eigenvalue weighted by atomic mass is 16.3. The van der Waals surface area contributed by atoms with E-state index >= 15 is 0 Å². The maximum atomic E-state index is 9.42. The highest BCUT2D eigenvalue weighted by Crippen LogP contribution is 2.22. The van der Waals surface area contributed by atoms with Crippen LogP contribution in [-0.2, 0) is 0 Å². The van der Waals surface area contributed by atoms with Crippen molar-refractivity contribution in [2.75, 3.05) is 11.9 Å². The number of hydrogen-bond donors (Lipinski definition) is 2. The molecule has 0 radical (unpaired) electrons. The quantitative estimate of drug-likeness (QED) is 0.600. The first-order chi connectivity index (χ1) is 7.75. The van der Waals surface area contributed by atoms with Crippen molar-refractivity contribution in [3.8, 4) is 5.75 Å². The van der Waals surface area contributed by atoms with Gasteiger partial charge in [0.15, 0.2) is 0 Å². The molecule has 0 saturated carbocycles. The average Bonchev–Trinajstić information content (AvgIpc) is 2.32. The summed E-state index contributed by atoms with van der Waals surface area (Å²) < 4.78 is 0. The van der Waals surface area contributed by atoms with Gasteiger partial charge in [-0.25, -0.2) is 0 Å². The van der Waals surface area contributed by atoms with Crippen LogP contribution < -0.4 is 5.32 Å². The van der Waals surface area contributed by atoms with E-state index in [0.29, 0.717) is 5.75 Å². The number of aromatic hydroxyl groups is 1. The molecule has 2 heteroatoms. The Labute approximate surface area is 97.0 Å². The van der Waals surface area contributed by atoms with Crippen molar-refractivity contribution in [3.05, 3.63) is 35.9 Å². The van der Waals surface area contributed by atoms with Crippen molar-refractivity contribution in [3.63, 3.8) is 0 Å².